The van der Waals surface area contributed by atoms with Crippen LogP contribution in [0.1, 0.15) is 50.2 Å². The topological polar surface area (TPSA) is 125 Å². The number of aromatic nitrogens is 8. The highest BCUT2D eigenvalue weighted by Gasteiger charge is 2.35. The summed E-state index contributed by atoms with van der Waals surface area (Å²) < 4.78 is 84.4. The van der Waals surface area contributed by atoms with Gasteiger partial charge in [-0.2, -0.15) is 27.1 Å². The van der Waals surface area contributed by atoms with Gasteiger partial charge >= 0.3 is 12.7 Å². The standard InChI is InChI=1S/C29H22ClF6N9O2/c1-14-3-2-4-22(20-7-15(5-6-37-20)26-21(40-27(14)47)11-39-45(26)28(32)33)43-13-38-19(10-25(43)46)16-8-17(30)18(31)9-23(16)44-12-24(41-42-44)29(34,35)36/h5-14,22,28H,2-4H2,1H3,(H,40,47). The molecule has 18 heteroatoms. The van der Waals surface area contributed by atoms with Crippen molar-refractivity contribution in [3.05, 3.63) is 87.8 Å². The first-order valence-corrected chi connectivity index (χ1v) is 14.4. The largest absolute Gasteiger partial charge is 0.436 e. The molecule has 4 aromatic heterocycles. The minimum absolute atomic E-state index is 0.00860. The van der Waals surface area contributed by atoms with Gasteiger partial charge in [-0.25, -0.2) is 18.7 Å². The van der Waals surface area contributed by atoms with Gasteiger partial charge in [0.1, 0.15) is 5.82 Å². The molecule has 2 atom stereocenters. The molecule has 0 fully saturated rings. The summed E-state index contributed by atoms with van der Waals surface area (Å²) in [4.78, 5) is 35.3. The zero-order chi connectivity index (χ0) is 33.6. The lowest BCUT2D eigenvalue weighted by Crippen LogP contribution is -2.27. The van der Waals surface area contributed by atoms with E-state index in [-0.39, 0.29) is 38.9 Å². The van der Waals surface area contributed by atoms with Gasteiger partial charge in [0.25, 0.3) is 5.56 Å². The summed E-state index contributed by atoms with van der Waals surface area (Å²) in [5, 5.41) is 12.6. The van der Waals surface area contributed by atoms with Crippen LogP contribution < -0.4 is 10.9 Å². The van der Waals surface area contributed by atoms with Crippen molar-refractivity contribution in [3.63, 3.8) is 0 Å². The SMILES string of the molecule is CC1CCCC(n2cnc(-c3cc(Cl)c(F)cc3-n3cc(C(F)(F)F)nn3)cc2=O)c2cc(ccn2)-c2c(cnn2C(F)F)NC1=O. The van der Waals surface area contributed by atoms with E-state index in [0.717, 1.165) is 24.4 Å². The zero-order valence-corrected chi connectivity index (χ0v) is 24.8. The highest BCUT2D eigenvalue weighted by molar-refractivity contribution is 6.31. The molecule has 1 amide bonds. The van der Waals surface area contributed by atoms with E-state index in [2.05, 4.69) is 30.7 Å². The molecule has 0 saturated carbocycles. The van der Waals surface area contributed by atoms with Crippen LogP contribution >= 0.6 is 11.6 Å². The number of carbonyl (C=O) groups excluding carboxylic acids is 1. The number of nitrogens with one attached hydrogen (secondary N) is 1. The molecule has 1 aliphatic rings. The van der Waals surface area contributed by atoms with Gasteiger partial charge in [-0.1, -0.05) is 30.2 Å². The first-order valence-electron chi connectivity index (χ1n) is 14.0. The molecular weight excluding hydrogens is 656 g/mol. The average molecular weight is 678 g/mol. The zero-order valence-electron chi connectivity index (χ0n) is 24.1. The number of rotatable bonds is 4. The molecule has 2 bridgehead atoms. The average Bonchev–Trinajstić information content (AvgIpc) is 3.69. The van der Waals surface area contributed by atoms with Gasteiger partial charge in [0.15, 0.2) is 5.69 Å². The molecule has 5 heterocycles. The van der Waals surface area contributed by atoms with Crippen LogP contribution in [0.2, 0.25) is 5.02 Å². The van der Waals surface area contributed by atoms with E-state index in [1.807, 2.05) is 0 Å². The van der Waals surface area contributed by atoms with Crippen molar-refractivity contribution in [1.82, 2.24) is 39.3 Å². The summed E-state index contributed by atoms with van der Waals surface area (Å²) in [5.41, 5.74) is -1.59. The summed E-state index contributed by atoms with van der Waals surface area (Å²) in [6.45, 7) is -1.33. The molecule has 1 aliphatic heterocycles. The quantitative estimate of drug-likeness (QED) is 0.221. The molecule has 47 heavy (non-hydrogen) atoms. The molecule has 0 aliphatic carbocycles. The molecule has 0 spiro atoms. The second-order valence-corrected chi connectivity index (χ2v) is 11.2. The molecule has 11 nitrogen and oxygen atoms in total. The molecule has 1 aromatic carbocycles. The van der Waals surface area contributed by atoms with Gasteiger partial charge in [-0.05, 0) is 31.0 Å². The van der Waals surface area contributed by atoms with E-state index in [0.29, 0.717) is 40.5 Å². The number of anilines is 1. The van der Waals surface area contributed by atoms with Crippen LogP contribution in [0.4, 0.5) is 32.0 Å². The number of halogens is 7. The Morgan fingerprint density at radius 2 is 1.87 bits per heavy atom. The minimum atomic E-state index is -4.82. The van der Waals surface area contributed by atoms with E-state index < -0.39 is 47.7 Å². The Morgan fingerprint density at radius 3 is 2.57 bits per heavy atom. The van der Waals surface area contributed by atoms with Crippen LogP contribution in [-0.4, -0.2) is 45.2 Å². The van der Waals surface area contributed by atoms with E-state index >= 15 is 0 Å². The molecule has 0 saturated heterocycles. The number of hydrogen-bond donors (Lipinski definition) is 1. The van der Waals surface area contributed by atoms with Gasteiger partial charge in [0.05, 0.1) is 58.2 Å². The lowest BCUT2D eigenvalue weighted by molar-refractivity contribution is -0.141. The summed E-state index contributed by atoms with van der Waals surface area (Å²) in [6.07, 6.45) is 0.589. The normalized spacial score (nSPS) is 17.2. The third-order valence-corrected chi connectivity index (χ3v) is 8.00. The summed E-state index contributed by atoms with van der Waals surface area (Å²) in [6, 6.07) is 5.25. The summed E-state index contributed by atoms with van der Waals surface area (Å²) in [7, 11) is 0. The number of alkyl halides is 5. The van der Waals surface area contributed by atoms with Crippen molar-refractivity contribution in [1.29, 1.82) is 0 Å². The van der Waals surface area contributed by atoms with Crippen molar-refractivity contribution in [2.24, 2.45) is 5.92 Å². The monoisotopic (exact) mass is 677 g/mol. The Balaban J connectivity index is 1.44. The minimum Gasteiger partial charge on any atom is -0.323 e. The van der Waals surface area contributed by atoms with Gasteiger partial charge in [-0.15, -0.1) is 5.10 Å². The van der Waals surface area contributed by atoms with Crippen LogP contribution in [0.15, 0.2) is 60.0 Å². The lowest BCUT2D eigenvalue weighted by atomic mass is 9.97. The fraction of sp³-hybridized carbons (Fsp3) is 0.276. The molecule has 6 rings (SSSR count). The van der Waals surface area contributed by atoms with Crippen LogP contribution in [-0.2, 0) is 11.0 Å². The first kappa shape index (κ1) is 31.9. The maximum absolute atomic E-state index is 14.5. The van der Waals surface area contributed by atoms with Gasteiger partial charge in [0, 0.05) is 35.4 Å². The highest BCUT2D eigenvalue weighted by atomic mass is 35.5. The van der Waals surface area contributed by atoms with Gasteiger partial charge < -0.3 is 5.32 Å². The molecule has 5 aromatic rings. The smallest absolute Gasteiger partial charge is 0.323 e. The molecule has 2 unspecified atom stereocenters. The lowest BCUT2D eigenvalue weighted by Gasteiger charge is -2.22. The van der Waals surface area contributed by atoms with E-state index in [4.69, 9.17) is 11.6 Å². The second-order valence-electron chi connectivity index (χ2n) is 10.8. The number of fused-ring (bicyclic) bond motifs is 4. The fourth-order valence-electron chi connectivity index (χ4n) is 5.34. The predicted octanol–water partition coefficient (Wildman–Crippen LogP) is 6.30. The molecular formula is C29H22ClF6N9O2. The Labute approximate surface area is 265 Å². The third kappa shape index (κ3) is 6.22. The predicted molar refractivity (Wildman–Crippen MR) is 155 cm³/mol. The van der Waals surface area contributed by atoms with Crippen LogP contribution in [0, 0.1) is 11.7 Å². The maximum Gasteiger partial charge on any atom is 0.436 e. The summed E-state index contributed by atoms with van der Waals surface area (Å²) in [5.74, 6) is -1.86. The Hall–Kier alpha value is -5.06. The number of carbonyl (C=O) groups is 1. The van der Waals surface area contributed by atoms with E-state index in [9.17, 15) is 35.9 Å². The van der Waals surface area contributed by atoms with Gasteiger partial charge in [0.2, 0.25) is 5.91 Å². The van der Waals surface area contributed by atoms with Crippen molar-refractivity contribution >= 4 is 23.2 Å². The van der Waals surface area contributed by atoms with Crippen molar-refractivity contribution in [2.45, 2.75) is 45.0 Å². The van der Waals surface area contributed by atoms with E-state index in [1.165, 1.54) is 29.2 Å². The first-order chi connectivity index (χ1) is 22.3. The number of nitrogens with zero attached hydrogens (tertiary/aromatic N) is 8. The Kier molecular flexibility index (Phi) is 8.33. The maximum atomic E-state index is 14.5. The number of benzene rings is 1. The molecule has 1 N–H and O–H groups in total. The number of hydrogen-bond acceptors (Lipinski definition) is 7. The molecule has 0 radical (unpaired) electrons. The van der Waals surface area contributed by atoms with Crippen molar-refractivity contribution in [2.75, 3.05) is 5.32 Å². The second kappa shape index (κ2) is 12.3. The third-order valence-electron chi connectivity index (χ3n) is 7.71. The fourth-order valence-corrected chi connectivity index (χ4v) is 5.50. The molecule has 244 valence electrons. The number of pyridine rings is 1. The summed E-state index contributed by atoms with van der Waals surface area (Å²) >= 11 is 6.00. The van der Waals surface area contributed by atoms with Gasteiger partial charge in [-0.3, -0.25) is 19.1 Å². The Morgan fingerprint density at radius 1 is 1.09 bits per heavy atom. The van der Waals surface area contributed by atoms with E-state index in [1.54, 1.807) is 6.92 Å². The highest BCUT2D eigenvalue weighted by Crippen LogP contribution is 2.36. The van der Waals surface area contributed by atoms with Crippen LogP contribution in [0.25, 0.3) is 28.2 Å². The van der Waals surface area contributed by atoms with Crippen LogP contribution in [0.5, 0.6) is 0 Å². The number of amides is 1. The Bertz CT molecular complexity index is 2040. The van der Waals surface area contributed by atoms with Crippen molar-refractivity contribution in [3.8, 4) is 28.2 Å². The van der Waals surface area contributed by atoms with Crippen molar-refractivity contribution < 1.29 is 31.1 Å². The van der Waals surface area contributed by atoms with Crippen LogP contribution in [0.3, 0.4) is 0 Å².